The van der Waals surface area contributed by atoms with Gasteiger partial charge in [-0.25, -0.2) is 9.48 Å². The molecular formula is C26H29ClN4O4. The zero-order valence-corrected chi connectivity index (χ0v) is 21.2. The van der Waals surface area contributed by atoms with Gasteiger partial charge in [0.15, 0.2) is 6.10 Å². The van der Waals surface area contributed by atoms with Crippen LogP contribution in [-0.2, 0) is 20.9 Å². The summed E-state index contributed by atoms with van der Waals surface area (Å²) in [6.45, 7) is 8.98. The number of nitrogens with one attached hydrogen (secondary N) is 2. The summed E-state index contributed by atoms with van der Waals surface area (Å²) in [5, 5.41) is 9.76. The maximum atomic E-state index is 12.7. The van der Waals surface area contributed by atoms with Crippen molar-refractivity contribution in [3.8, 4) is 0 Å². The van der Waals surface area contributed by atoms with Crippen LogP contribution in [0.5, 0.6) is 0 Å². The monoisotopic (exact) mass is 496 g/mol. The van der Waals surface area contributed by atoms with Crippen LogP contribution in [0.2, 0.25) is 5.15 Å². The summed E-state index contributed by atoms with van der Waals surface area (Å²) in [4.78, 5) is 37.5. The van der Waals surface area contributed by atoms with Crippen LogP contribution in [-0.4, -0.2) is 40.2 Å². The first-order valence-electron chi connectivity index (χ1n) is 11.2. The average Bonchev–Trinajstić information content (AvgIpc) is 3.08. The molecule has 1 heterocycles. The van der Waals surface area contributed by atoms with E-state index in [0.717, 1.165) is 22.3 Å². The molecule has 2 aromatic carbocycles. The van der Waals surface area contributed by atoms with Crippen LogP contribution >= 0.6 is 11.6 Å². The van der Waals surface area contributed by atoms with Crippen molar-refractivity contribution in [1.29, 1.82) is 0 Å². The van der Waals surface area contributed by atoms with Crippen molar-refractivity contribution in [2.45, 2.75) is 47.3 Å². The zero-order valence-electron chi connectivity index (χ0n) is 20.4. The van der Waals surface area contributed by atoms with Gasteiger partial charge in [-0.05, 0) is 51.3 Å². The second-order valence-corrected chi connectivity index (χ2v) is 8.83. The molecule has 0 aliphatic carbocycles. The molecule has 1 atom stereocenters. The predicted molar refractivity (Wildman–Crippen MR) is 135 cm³/mol. The van der Waals surface area contributed by atoms with Crippen LogP contribution in [0.15, 0.2) is 42.5 Å². The first kappa shape index (κ1) is 26.0. The van der Waals surface area contributed by atoms with Gasteiger partial charge in [0.1, 0.15) is 10.7 Å². The maximum absolute atomic E-state index is 12.7. The lowest BCUT2D eigenvalue weighted by molar-refractivity contribution is -0.130. The van der Waals surface area contributed by atoms with Crippen molar-refractivity contribution >= 4 is 35.1 Å². The van der Waals surface area contributed by atoms with Gasteiger partial charge in [-0.2, -0.15) is 5.10 Å². The summed E-state index contributed by atoms with van der Waals surface area (Å²) >= 11 is 6.42. The van der Waals surface area contributed by atoms with E-state index in [-0.39, 0.29) is 23.2 Å². The summed E-state index contributed by atoms with van der Waals surface area (Å²) < 4.78 is 6.82. The molecule has 2 N–H and O–H groups in total. The van der Waals surface area contributed by atoms with E-state index in [2.05, 4.69) is 15.7 Å². The van der Waals surface area contributed by atoms with E-state index in [1.807, 2.05) is 63.2 Å². The van der Waals surface area contributed by atoms with Gasteiger partial charge in [0.2, 0.25) is 5.91 Å². The van der Waals surface area contributed by atoms with Gasteiger partial charge in [0.25, 0.3) is 5.91 Å². The Bertz CT molecular complexity index is 1230. The number of amides is 2. The fourth-order valence-electron chi connectivity index (χ4n) is 3.54. The van der Waals surface area contributed by atoms with Crippen molar-refractivity contribution in [2.24, 2.45) is 0 Å². The highest BCUT2D eigenvalue weighted by molar-refractivity contribution is 6.32. The molecule has 35 heavy (non-hydrogen) atoms. The molecule has 0 fully saturated rings. The Balaban J connectivity index is 1.57. The Kier molecular flexibility index (Phi) is 8.30. The summed E-state index contributed by atoms with van der Waals surface area (Å²) in [7, 11) is 0. The number of rotatable bonds is 8. The SMILES string of the molecule is Cc1ccc(Cn2nc(C)c(C(=O)OC(C)C(=O)NCC(=O)Nc3c(C)cccc3C)c2Cl)cc1. The Labute approximate surface area is 209 Å². The van der Waals surface area contributed by atoms with E-state index in [0.29, 0.717) is 17.9 Å². The molecule has 2 amide bonds. The third-order valence-corrected chi connectivity index (χ3v) is 5.93. The molecule has 9 heteroatoms. The highest BCUT2D eigenvalue weighted by Gasteiger charge is 2.26. The number of halogens is 1. The minimum atomic E-state index is -1.13. The molecule has 8 nitrogen and oxygen atoms in total. The van der Waals surface area contributed by atoms with Crippen LogP contribution in [0.3, 0.4) is 0 Å². The molecule has 0 spiro atoms. The van der Waals surface area contributed by atoms with Crippen LogP contribution in [0.25, 0.3) is 0 Å². The first-order chi connectivity index (χ1) is 16.6. The second-order valence-electron chi connectivity index (χ2n) is 8.47. The highest BCUT2D eigenvalue weighted by Crippen LogP contribution is 2.23. The number of anilines is 1. The van der Waals surface area contributed by atoms with Gasteiger partial charge >= 0.3 is 5.97 Å². The Hall–Kier alpha value is -3.65. The van der Waals surface area contributed by atoms with Crippen LogP contribution < -0.4 is 10.6 Å². The number of aryl methyl sites for hydroxylation is 4. The number of aromatic nitrogens is 2. The van der Waals surface area contributed by atoms with Crippen molar-refractivity contribution in [1.82, 2.24) is 15.1 Å². The van der Waals surface area contributed by atoms with E-state index in [1.165, 1.54) is 11.6 Å². The molecule has 1 unspecified atom stereocenters. The molecule has 0 saturated carbocycles. The summed E-state index contributed by atoms with van der Waals surface area (Å²) in [6, 6.07) is 13.6. The molecule has 0 bridgehead atoms. The van der Waals surface area contributed by atoms with Gasteiger partial charge < -0.3 is 15.4 Å². The lowest BCUT2D eigenvalue weighted by Gasteiger charge is -2.15. The van der Waals surface area contributed by atoms with Crippen molar-refractivity contribution in [3.63, 3.8) is 0 Å². The van der Waals surface area contributed by atoms with E-state index >= 15 is 0 Å². The number of benzene rings is 2. The molecule has 3 rings (SSSR count). The predicted octanol–water partition coefficient (Wildman–Crippen LogP) is 4.12. The summed E-state index contributed by atoms with van der Waals surface area (Å²) in [6.07, 6.45) is -1.13. The van der Waals surface area contributed by atoms with E-state index in [9.17, 15) is 14.4 Å². The number of esters is 1. The lowest BCUT2D eigenvalue weighted by atomic mass is 10.1. The van der Waals surface area contributed by atoms with Crippen molar-refractivity contribution < 1.29 is 19.1 Å². The normalized spacial score (nSPS) is 11.6. The smallest absolute Gasteiger partial charge is 0.343 e. The zero-order chi connectivity index (χ0) is 25.7. The van der Waals surface area contributed by atoms with Gasteiger partial charge in [0.05, 0.1) is 18.8 Å². The second kappa shape index (κ2) is 11.2. The highest BCUT2D eigenvalue weighted by atomic mass is 35.5. The summed E-state index contributed by atoms with van der Waals surface area (Å²) in [5.41, 5.74) is 5.16. The molecule has 0 saturated heterocycles. The van der Waals surface area contributed by atoms with Gasteiger partial charge in [0, 0.05) is 5.69 Å². The number of carbonyl (C=O) groups is 3. The van der Waals surface area contributed by atoms with E-state index in [1.54, 1.807) is 6.92 Å². The fourth-order valence-corrected chi connectivity index (χ4v) is 3.85. The van der Waals surface area contributed by atoms with Crippen molar-refractivity contribution in [2.75, 3.05) is 11.9 Å². The Morgan fingerprint density at radius 1 is 1.03 bits per heavy atom. The van der Waals surface area contributed by atoms with Crippen LogP contribution in [0.4, 0.5) is 5.69 Å². The maximum Gasteiger partial charge on any atom is 0.343 e. The molecule has 1 aromatic heterocycles. The minimum absolute atomic E-state index is 0.103. The van der Waals surface area contributed by atoms with Crippen LogP contribution in [0.1, 0.15) is 45.2 Å². The number of nitrogens with zero attached hydrogens (tertiary/aromatic N) is 2. The Morgan fingerprint density at radius 2 is 1.66 bits per heavy atom. The number of hydrogen-bond acceptors (Lipinski definition) is 5. The molecule has 0 aliphatic heterocycles. The third kappa shape index (κ3) is 6.48. The van der Waals surface area contributed by atoms with Gasteiger partial charge in [-0.3, -0.25) is 9.59 Å². The number of hydrogen-bond donors (Lipinski definition) is 2. The molecular weight excluding hydrogens is 468 g/mol. The lowest BCUT2D eigenvalue weighted by Crippen LogP contribution is -2.40. The van der Waals surface area contributed by atoms with Gasteiger partial charge in [-0.1, -0.05) is 59.6 Å². The number of ether oxygens (including phenoxy) is 1. The number of carbonyl (C=O) groups excluding carboxylic acids is 3. The standard InChI is InChI=1S/C26H29ClN4O4/c1-15-9-11-20(12-10-15)14-31-24(27)22(18(4)30-31)26(34)35-19(5)25(33)28-13-21(32)29-23-16(2)7-6-8-17(23)3/h6-12,19H,13-14H2,1-5H3,(H,28,33)(H,29,32). The van der Waals surface area contributed by atoms with E-state index < -0.39 is 18.0 Å². The Morgan fingerprint density at radius 3 is 2.29 bits per heavy atom. The van der Waals surface area contributed by atoms with Crippen LogP contribution in [0, 0.1) is 27.7 Å². The third-order valence-electron chi connectivity index (χ3n) is 5.54. The molecule has 0 aliphatic rings. The molecule has 184 valence electrons. The van der Waals surface area contributed by atoms with E-state index in [4.69, 9.17) is 16.3 Å². The first-order valence-corrected chi connectivity index (χ1v) is 11.6. The number of para-hydroxylation sites is 1. The molecule has 0 radical (unpaired) electrons. The minimum Gasteiger partial charge on any atom is -0.449 e. The average molecular weight is 497 g/mol. The fraction of sp³-hybridized carbons (Fsp3) is 0.308. The quantitative estimate of drug-likeness (QED) is 0.457. The topological polar surface area (TPSA) is 102 Å². The summed E-state index contributed by atoms with van der Waals surface area (Å²) in [5.74, 6) is -1.74. The molecule has 3 aromatic rings. The largest absolute Gasteiger partial charge is 0.449 e. The van der Waals surface area contributed by atoms with Crippen molar-refractivity contribution in [3.05, 3.63) is 81.1 Å². The van der Waals surface area contributed by atoms with Gasteiger partial charge in [-0.15, -0.1) is 0 Å².